The van der Waals surface area contributed by atoms with Crippen LogP contribution in [-0.2, 0) is 14.4 Å². The molecule has 10 nitrogen and oxygen atoms in total. The van der Waals surface area contributed by atoms with E-state index >= 15 is 0 Å². The molecule has 2 aromatic heterocycles. The molecule has 3 amide bonds. The summed E-state index contributed by atoms with van der Waals surface area (Å²) in [5.74, 6) is -1.25. The van der Waals surface area contributed by atoms with E-state index < -0.39 is 35.4 Å². The first-order valence-corrected chi connectivity index (χ1v) is 14.4. The van der Waals surface area contributed by atoms with Gasteiger partial charge in [-0.05, 0) is 24.9 Å². The molecule has 0 radical (unpaired) electrons. The molecule has 218 valence electrons. The second kappa shape index (κ2) is 13.5. The fourth-order valence-corrected chi connectivity index (χ4v) is 5.10. The van der Waals surface area contributed by atoms with E-state index in [-0.39, 0.29) is 5.91 Å². The van der Waals surface area contributed by atoms with Crippen molar-refractivity contribution in [3.05, 3.63) is 84.8 Å². The molecule has 3 atom stereocenters. The summed E-state index contributed by atoms with van der Waals surface area (Å²) in [6, 6.07) is 16.0. The van der Waals surface area contributed by atoms with Gasteiger partial charge >= 0.3 is 0 Å². The molecule has 0 aliphatic heterocycles. The zero-order valence-electron chi connectivity index (χ0n) is 24.2. The Bertz CT molecular complexity index is 1510. The second-order valence-corrected chi connectivity index (χ2v) is 11.8. The number of hydrogen-bond donors (Lipinski definition) is 4. The third kappa shape index (κ3) is 7.42. The summed E-state index contributed by atoms with van der Waals surface area (Å²) >= 11 is 1.28. The number of likely N-dealkylation sites (N-methyl/N-ethyl adjacent to an activating group) is 1. The van der Waals surface area contributed by atoms with Crippen LogP contribution in [0.5, 0.6) is 0 Å². The Kier molecular flexibility index (Phi) is 9.76. The average Bonchev–Trinajstić information content (AvgIpc) is 3.42. The zero-order chi connectivity index (χ0) is 30.3. The van der Waals surface area contributed by atoms with Crippen LogP contribution in [0, 0.1) is 5.41 Å². The van der Waals surface area contributed by atoms with Crippen LogP contribution in [0.4, 0.5) is 5.00 Å². The highest BCUT2D eigenvalue weighted by Gasteiger charge is 2.36. The van der Waals surface area contributed by atoms with Gasteiger partial charge in [-0.3, -0.25) is 24.4 Å². The number of hydrogen-bond acceptors (Lipinski definition) is 8. The van der Waals surface area contributed by atoms with Crippen molar-refractivity contribution in [3.8, 4) is 22.0 Å². The van der Waals surface area contributed by atoms with Crippen LogP contribution in [0.2, 0.25) is 0 Å². The summed E-state index contributed by atoms with van der Waals surface area (Å²) in [6.07, 6.45) is 4.78. The number of amides is 3. The monoisotopic (exact) mass is 585 g/mol. The number of thiazole rings is 1. The van der Waals surface area contributed by atoms with Gasteiger partial charge in [0.25, 0.3) is 0 Å². The van der Waals surface area contributed by atoms with Crippen LogP contribution in [-0.4, -0.2) is 51.8 Å². The SMILES string of the molecule is CN[C@@H](C)C(=O)N[C@H](C(=O)N[C@H](C(=O)Nc1sc(-c2cnccn2)nc1-c1ccccc1)C(C)(C)C)c1ccccc1. The van der Waals surface area contributed by atoms with E-state index in [1.165, 1.54) is 11.3 Å². The lowest BCUT2D eigenvalue weighted by Crippen LogP contribution is -2.55. The van der Waals surface area contributed by atoms with Gasteiger partial charge < -0.3 is 21.3 Å². The number of nitrogens with one attached hydrogen (secondary N) is 4. The molecular formula is C31H35N7O3S. The second-order valence-electron chi connectivity index (χ2n) is 10.8. The van der Waals surface area contributed by atoms with Gasteiger partial charge in [0.15, 0.2) is 0 Å². The minimum atomic E-state index is -1.00. The molecule has 4 rings (SSSR count). The van der Waals surface area contributed by atoms with Crippen LogP contribution >= 0.6 is 11.3 Å². The van der Waals surface area contributed by atoms with Crippen molar-refractivity contribution < 1.29 is 14.4 Å². The maximum Gasteiger partial charge on any atom is 0.248 e. The number of rotatable bonds is 10. The smallest absolute Gasteiger partial charge is 0.248 e. The topological polar surface area (TPSA) is 138 Å². The quantitative estimate of drug-likeness (QED) is 0.219. The Balaban J connectivity index is 1.64. The van der Waals surface area contributed by atoms with Gasteiger partial charge in [-0.1, -0.05) is 92.8 Å². The molecule has 2 heterocycles. The highest BCUT2D eigenvalue weighted by atomic mass is 32.1. The van der Waals surface area contributed by atoms with Crippen molar-refractivity contribution in [1.82, 2.24) is 30.9 Å². The van der Waals surface area contributed by atoms with E-state index in [4.69, 9.17) is 4.98 Å². The summed E-state index contributed by atoms with van der Waals surface area (Å²) in [4.78, 5) is 53.7. The summed E-state index contributed by atoms with van der Waals surface area (Å²) < 4.78 is 0. The van der Waals surface area contributed by atoms with E-state index in [9.17, 15) is 14.4 Å². The molecular weight excluding hydrogens is 550 g/mol. The predicted octanol–water partition coefficient (Wildman–Crippen LogP) is 4.20. The molecule has 11 heteroatoms. The highest BCUT2D eigenvalue weighted by molar-refractivity contribution is 7.19. The summed E-state index contributed by atoms with van der Waals surface area (Å²) in [6.45, 7) is 7.31. The molecule has 0 saturated heterocycles. The van der Waals surface area contributed by atoms with Crippen molar-refractivity contribution in [1.29, 1.82) is 0 Å². The maximum atomic E-state index is 13.9. The molecule has 0 saturated carbocycles. The number of aromatic nitrogens is 3. The van der Waals surface area contributed by atoms with Crippen LogP contribution < -0.4 is 21.3 Å². The van der Waals surface area contributed by atoms with Crippen LogP contribution in [0.1, 0.15) is 39.3 Å². The molecule has 4 N–H and O–H groups in total. The van der Waals surface area contributed by atoms with Gasteiger partial charge in [-0.2, -0.15) is 0 Å². The fourth-order valence-electron chi connectivity index (χ4n) is 4.14. The number of benzene rings is 2. The molecule has 0 spiro atoms. The van der Waals surface area contributed by atoms with E-state index in [1.807, 2.05) is 57.2 Å². The molecule has 2 aromatic carbocycles. The van der Waals surface area contributed by atoms with Gasteiger partial charge in [0.2, 0.25) is 17.7 Å². The number of carbonyl (C=O) groups is 3. The third-order valence-corrected chi connectivity index (χ3v) is 7.61. The van der Waals surface area contributed by atoms with Gasteiger partial charge in [0.1, 0.15) is 33.5 Å². The van der Waals surface area contributed by atoms with E-state index in [0.29, 0.717) is 27.0 Å². The van der Waals surface area contributed by atoms with Gasteiger partial charge in [0.05, 0.1) is 12.2 Å². The molecule has 0 unspecified atom stereocenters. The van der Waals surface area contributed by atoms with Crippen molar-refractivity contribution in [2.45, 2.75) is 45.8 Å². The lowest BCUT2D eigenvalue weighted by atomic mass is 9.85. The Labute approximate surface area is 249 Å². The Morgan fingerprint density at radius 1 is 0.857 bits per heavy atom. The van der Waals surface area contributed by atoms with Gasteiger partial charge in [-0.25, -0.2) is 4.98 Å². The molecule has 4 aromatic rings. The van der Waals surface area contributed by atoms with E-state index in [1.54, 1.807) is 56.8 Å². The standard InChI is InChI=1S/C31H35N7O3S/c1-19(32-5)26(39)35-23(20-12-8-6-9-13-20)27(40)37-25(31(2,3)4)28(41)38-30-24(21-14-10-7-11-15-21)36-29(42-30)22-18-33-16-17-34-22/h6-19,23,25,32H,1-5H3,(H,35,39)(H,37,40)(H,38,41)/t19-,23-,25+/m0/s1. The summed E-state index contributed by atoms with van der Waals surface area (Å²) in [5, 5.41) is 12.7. The van der Waals surface area contributed by atoms with Crippen LogP contribution in [0.3, 0.4) is 0 Å². The normalized spacial score (nSPS) is 13.5. The number of nitrogens with zero attached hydrogens (tertiary/aromatic N) is 3. The number of carbonyl (C=O) groups excluding carboxylic acids is 3. The fraction of sp³-hybridized carbons (Fsp3) is 0.290. The lowest BCUT2D eigenvalue weighted by molar-refractivity contribution is -0.132. The largest absolute Gasteiger partial charge is 0.342 e. The van der Waals surface area contributed by atoms with E-state index in [0.717, 1.165) is 5.56 Å². The summed E-state index contributed by atoms with van der Waals surface area (Å²) in [7, 11) is 1.67. The average molecular weight is 586 g/mol. The van der Waals surface area contributed by atoms with Gasteiger partial charge in [0, 0.05) is 18.0 Å². The van der Waals surface area contributed by atoms with Crippen LogP contribution in [0.25, 0.3) is 22.0 Å². The Morgan fingerprint density at radius 3 is 2.12 bits per heavy atom. The number of anilines is 1. The Hall–Kier alpha value is -4.48. The first-order valence-electron chi connectivity index (χ1n) is 13.5. The van der Waals surface area contributed by atoms with Gasteiger partial charge in [-0.15, -0.1) is 0 Å². The minimum Gasteiger partial charge on any atom is -0.342 e. The third-order valence-electron chi connectivity index (χ3n) is 6.62. The molecule has 42 heavy (non-hydrogen) atoms. The minimum absolute atomic E-state index is 0.341. The Morgan fingerprint density at radius 2 is 1.52 bits per heavy atom. The van der Waals surface area contributed by atoms with Crippen molar-refractivity contribution in [2.75, 3.05) is 12.4 Å². The molecule has 0 aliphatic carbocycles. The molecule has 0 bridgehead atoms. The molecule has 0 aliphatic rings. The van der Waals surface area contributed by atoms with Crippen molar-refractivity contribution in [3.63, 3.8) is 0 Å². The summed E-state index contributed by atoms with van der Waals surface area (Å²) in [5.41, 5.74) is 1.92. The van der Waals surface area contributed by atoms with Crippen molar-refractivity contribution >= 4 is 34.1 Å². The maximum absolute atomic E-state index is 13.9. The van der Waals surface area contributed by atoms with E-state index in [2.05, 4.69) is 31.2 Å². The highest BCUT2D eigenvalue weighted by Crippen LogP contribution is 2.37. The van der Waals surface area contributed by atoms with Crippen LogP contribution in [0.15, 0.2) is 79.3 Å². The molecule has 0 fully saturated rings. The lowest BCUT2D eigenvalue weighted by Gasteiger charge is -2.32. The zero-order valence-corrected chi connectivity index (χ0v) is 25.0. The van der Waals surface area contributed by atoms with Crippen molar-refractivity contribution in [2.24, 2.45) is 5.41 Å². The first kappa shape index (κ1) is 30.5. The first-order chi connectivity index (χ1) is 20.1. The predicted molar refractivity (Wildman–Crippen MR) is 164 cm³/mol.